The average Bonchev–Trinajstić information content (AvgIpc) is 3.26. The summed E-state index contributed by atoms with van der Waals surface area (Å²) in [6.45, 7) is 0.203. The maximum atomic E-state index is 10.4. The highest BCUT2D eigenvalue weighted by Crippen LogP contribution is 2.26. The van der Waals surface area contributed by atoms with Crippen LogP contribution in [0.1, 0.15) is 22.9 Å². The zero-order chi connectivity index (χ0) is 18.9. The van der Waals surface area contributed by atoms with Crippen molar-refractivity contribution >= 4 is 0 Å². The molecule has 0 unspecified atom stereocenters. The zero-order valence-corrected chi connectivity index (χ0v) is 14.9. The average molecular weight is 368 g/mol. The van der Waals surface area contributed by atoms with E-state index in [1.807, 2.05) is 60.7 Å². The number of rotatable bonds is 10. The van der Waals surface area contributed by atoms with Crippen molar-refractivity contribution in [3.05, 3.63) is 90.0 Å². The number of nitrogens with one attached hydrogen (secondary N) is 1. The fourth-order valence-corrected chi connectivity index (χ4v) is 2.81. The quantitative estimate of drug-likeness (QED) is 0.512. The van der Waals surface area contributed by atoms with Crippen LogP contribution in [0.3, 0.4) is 0 Å². The van der Waals surface area contributed by atoms with Gasteiger partial charge in [-0.25, -0.2) is 4.98 Å². The monoisotopic (exact) mass is 368 g/mol. The number of hydrogen-bond acceptors (Lipinski definition) is 5. The first-order valence-corrected chi connectivity index (χ1v) is 8.86. The summed E-state index contributed by atoms with van der Waals surface area (Å²) < 4.78 is 12.1. The van der Waals surface area contributed by atoms with Crippen LogP contribution in [-0.2, 0) is 22.7 Å². The topological polar surface area (TPSA) is 87.6 Å². The van der Waals surface area contributed by atoms with Gasteiger partial charge in [0.1, 0.15) is 18.3 Å². The van der Waals surface area contributed by atoms with Crippen molar-refractivity contribution in [1.29, 1.82) is 0 Å². The lowest BCUT2D eigenvalue weighted by molar-refractivity contribution is -0.144. The van der Waals surface area contributed by atoms with E-state index in [4.69, 9.17) is 9.47 Å². The van der Waals surface area contributed by atoms with Crippen molar-refractivity contribution < 1.29 is 19.7 Å². The number of hydrogen-bond donors (Lipinski definition) is 3. The maximum absolute atomic E-state index is 10.4. The van der Waals surface area contributed by atoms with E-state index in [2.05, 4.69) is 9.97 Å². The summed E-state index contributed by atoms with van der Waals surface area (Å²) in [5.41, 5.74) is 2.65. The highest BCUT2D eigenvalue weighted by Gasteiger charge is 2.32. The fraction of sp³-hybridized carbons (Fsp3) is 0.286. The summed E-state index contributed by atoms with van der Waals surface area (Å²) in [7, 11) is 0. The van der Waals surface area contributed by atoms with Crippen LogP contribution in [0.25, 0.3) is 0 Å². The molecule has 0 aliphatic carbocycles. The van der Waals surface area contributed by atoms with Gasteiger partial charge in [0, 0.05) is 0 Å². The summed E-state index contributed by atoms with van der Waals surface area (Å²) in [6.07, 6.45) is 0.711. The third-order valence-corrected chi connectivity index (χ3v) is 4.25. The second-order valence-corrected chi connectivity index (χ2v) is 6.24. The molecule has 0 radical (unpaired) electrons. The number of benzene rings is 2. The van der Waals surface area contributed by atoms with Crippen LogP contribution in [0.5, 0.6) is 0 Å². The van der Waals surface area contributed by atoms with Crippen molar-refractivity contribution in [2.45, 2.75) is 31.5 Å². The highest BCUT2D eigenvalue weighted by molar-refractivity contribution is 5.15. The molecule has 2 aromatic carbocycles. The number of aromatic amines is 1. The van der Waals surface area contributed by atoms with Crippen LogP contribution in [0.15, 0.2) is 73.2 Å². The number of ether oxygens (including phenoxy) is 2. The second kappa shape index (κ2) is 9.99. The Morgan fingerprint density at radius 1 is 0.889 bits per heavy atom. The number of aromatic nitrogens is 2. The third kappa shape index (κ3) is 5.48. The van der Waals surface area contributed by atoms with Gasteiger partial charge in [0.2, 0.25) is 0 Å². The molecule has 3 aromatic rings. The Kier molecular flexibility index (Phi) is 7.12. The number of imidazole rings is 1. The van der Waals surface area contributed by atoms with Gasteiger partial charge in [-0.15, -0.1) is 0 Å². The Bertz CT molecular complexity index is 765. The predicted octanol–water partition coefficient (Wildman–Crippen LogP) is 2.61. The van der Waals surface area contributed by atoms with E-state index in [0.717, 1.165) is 11.1 Å². The lowest BCUT2D eigenvalue weighted by Crippen LogP contribution is -2.38. The van der Waals surface area contributed by atoms with Gasteiger partial charge in [-0.1, -0.05) is 60.7 Å². The zero-order valence-electron chi connectivity index (χ0n) is 14.9. The van der Waals surface area contributed by atoms with Gasteiger partial charge in [0.25, 0.3) is 0 Å². The van der Waals surface area contributed by atoms with Crippen LogP contribution >= 0.6 is 0 Å². The van der Waals surface area contributed by atoms with Crippen molar-refractivity contribution in [3.63, 3.8) is 0 Å². The lowest BCUT2D eigenvalue weighted by Gasteiger charge is -2.29. The van der Waals surface area contributed by atoms with E-state index < -0.39 is 24.9 Å². The number of nitrogens with zero attached hydrogens (tertiary/aromatic N) is 1. The van der Waals surface area contributed by atoms with Crippen LogP contribution in [0.4, 0.5) is 0 Å². The van der Waals surface area contributed by atoms with Crippen LogP contribution in [0.2, 0.25) is 0 Å². The van der Waals surface area contributed by atoms with Crippen molar-refractivity contribution in [2.24, 2.45) is 0 Å². The van der Waals surface area contributed by atoms with Crippen LogP contribution < -0.4 is 0 Å². The molecular weight excluding hydrogens is 344 g/mol. The number of aliphatic hydroxyl groups is 2. The Morgan fingerprint density at radius 2 is 1.48 bits per heavy atom. The summed E-state index contributed by atoms with van der Waals surface area (Å²) in [6, 6.07) is 19.4. The van der Waals surface area contributed by atoms with E-state index >= 15 is 0 Å². The molecule has 6 heteroatoms. The molecule has 142 valence electrons. The molecule has 3 atom stereocenters. The summed E-state index contributed by atoms with van der Waals surface area (Å²) in [5.74, 6) is 0. The maximum Gasteiger partial charge on any atom is 0.128 e. The molecule has 6 nitrogen and oxygen atoms in total. The molecule has 0 saturated heterocycles. The first-order valence-electron chi connectivity index (χ1n) is 8.86. The molecular formula is C21H24N2O4. The third-order valence-electron chi connectivity index (χ3n) is 4.25. The Morgan fingerprint density at radius 3 is 2.00 bits per heavy atom. The highest BCUT2D eigenvalue weighted by atomic mass is 16.5. The smallest absolute Gasteiger partial charge is 0.128 e. The molecule has 27 heavy (non-hydrogen) atoms. The number of H-pyrrole nitrogens is 1. The van der Waals surface area contributed by atoms with Gasteiger partial charge < -0.3 is 24.7 Å². The van der Waals surface area contributed by atoms with Crippen molar-refractivity contribution in [3.8, 4) is 0 Å². The van der Waals surface area contributed by atoms with Gasteiger partial charge in [0.05, 0.1) is 38.0 Å². The normalized spacial score (nSPS) is 14.6. The van der Waals surface area contributed by atoms with E-state index in [1.165, 1.54) is 0 Å². The van der Waals surface area contributed by atoms with Gasteiger partial charge >= 0.3 is 0 Å². The largest absolute Gasteiger partial charge is 0.394 e. The Labute approximate surface area is 158 Å². The van der Waals surface area contributed by atoms with Gasteiger partial charge in [-0.05, 0) is 11.1 Å². The molecule has 1 heterocycles. The van der Waals surface area contributed by atoms with Gasteiger partial charge in [-0.3, -0.25) is 0 Å². The molecule has 0 bridgehead atoms. The minimum Gasteiger partial charge on any atom is -0.394 e. The van der Waals surface area contributed by atoms with E-state index in [0.29, 0.717) is 18.9 Å². The Balaban J connectivity index is 1.76. The molecule has 0 spiro atoms. The lowest BCUT2D eigenvalue weighted by atomic mass is 10.1. The van der Waals surface area contributed by atoms with E-state index in [-0.39, 0.29) is 0 Å². The molecule has 0 amide bonds. The standard InChI is InChI=1S/C21H24N2O4/c24-12-19(25)21(27-14-17-9-5-2-6-10-17)20(18-11-22-15-23-18)26-13-16-7-3-1-4-8-16/h1-11,15,19-21,24-25H,12-14H2,(H,22,23)/t19-,20+,21-/m1/s1. The SMILES string of the molecule is OC[C@@H](O)[C@@H](OCc1ccccc1)[C@@H](OCc1ccccc1)c1cnc[nH]1. The first kappa shape index (κ1) is 19.3. The van der Waals surface area contributed by atoms with Crippen LogP contribution in [0, 0.1) is 0 Å². The fourth-order valence-electron chi connectivity index (χ4n) is 2.81. The molecule has 3 rings (SSSR count). The number of aliphatic hydroxyl groups excluding tert-OH is 2. The molecule has 0 saturated carbocycles. The summed E-state index contributed by atoms with van der Waals surface area (Å²) in [4.78, 5) is 7.07. The first-order chi connectivity index (χ1) is 13.3. The van der Waals surface area contributed by atoms with E-state index in [9.17, 15) is 10.2 Å². The van der Waals surface area contributed by atoms with Crippen molar-refractivity contribution in [1.82, 2.24) is 9.97 Å². The van der Waals surface area contributed by atoms with Crippen molar-refractivity contribution in [2.75, 3.05) is 6.61 Å². The van der Waals surface area contributed by atoms with Gasteiger partial charge in [0.15, 0.2) is 0 Å². The molecule has 1 aromatic heterocycles. The van der Waals surface area contributed by atoms with E-state index in [1.54, 1.807) is 12.5 Å². The molecule has 0 aliphatic heterocycles. The van der Waals surface area contributed by atoms with Crippen LogP contribution in [-0.4, -0.2) is 39.0 Å². The minimum atomic E-state index is -1.10. The molecule has 0 aliphatic rings. The summed E-state index contributed by atoms with van der Waals surface area (Å²) >= 11 is 0. The predicted molar refractivity (Wildman–Crippen MR) is 101 cm³/mol. The van der Waals surface area contributed by atoms with Gasteiger partial charge in [-0.2, -0.15) is 0 Å². The summed E-state index contributed by atoms with van der Waals surface area (Å²) in [5, 5.41) is 19.9. The Hall–Kier alpha value is -2.51. The minimum absolute atomic E-state index is 0.294. The second-order valence-electron chi connectivity index (χ2n) is 6.24. The molecule has 0 fully saturated rings. The molecule has 3 N–H and O–H groups in total.